The Morgan fingerprint density at radius 2 is 1.87 bits per heavy atom. The number of amides is 2. The van der Waals surface area contributed by atoms with Crippen LogP contribution in [-0.2, 0) is 14.3 Å². The fraction of sp³-hybridized carbons (Fsp3) is 0.706. The first kappa shape index (κ1) is 19.2. The summed E-state index contributed by atoms with van der Waals surface area (Å²) in [6.07, 6.45) is 2.68. The first-order valence-corrected chi connectivity index (χ1v) is 7.87. The molecule has 1 fully saturated rings. The van der Waals surface area contributed by atoms with Gasteiger partial charge < -0.3 is 14.5 Å². The zero-order chi connectivity index (χ0) is 17.7. The topological polar surface area (TPSA) is 73.6 Å². The van der Waals surface area contributed by atoms with Crippen molar-refractivity contribution in [2.45, 2.75) is 38.8 Å². The molecule has 1 saturated carbocycles. The first-order valence-electron chi connectivity index (χ1n) is 7.87. The van der Waals surface area contributed by atoms with Crippen molar-refractivity contribution >= 4 is 11.8 Å². The molecule has 0 spiro atoms. The Morgan fingerprint density at radius 3 is 2.30 bits per heavy atom. The van der Waals surface area contributed by atoms with Gasteiger partial charge in [-0.3, -0.25) is 9.59 Å². The number of ether oxygens (including phenoxy) is 1. The number of methoxy groups -OCH3 is 1. The van der Waals surface area contributed by atoms with Crippen LogP contribution in [0.5, 0.6) is 0 Å². The average molecular weight is 321 g/mol. The maximum atomic E-state index is 12.6. The molecule has 128 valence electrons. The van der Waals surface area contributed by atoms with E-state index in [-0.39, 0.29) is 41.4 Å². The van der Waals surface area contributed by atoms with Gasteiger partial charge in [-0.25, -0.2) is 0 Å². The summed E-state index contributed by atoms with van der Waals surface area (Å²) >= 11 is 0. The molecule has 6 nitrogen and oxygen atoms in total. The van der Waals surface area contributed by atoms with Gasteiger partial charge in [0.05, 0.1) is 18.1 Å². The number of likely N-dealkylation sites (N-methyl/N-ethyl adjacent to an activating group) is 1. The quantitative estimate of drug-likeness (QED) is 0.567. The molecule has 0 heterocycles. The maximum absolute atomic E-state index is 12.6. The van der Waals surface area contributed by atoms with E-state index < -0.39 is 0 Å². The largest absolute Gasteiger partial charge is 0.378 e. The van der Waals surface area contributed by atoms with Gasteiger partial charge in [0.15, 0.2) is 0 Å². The van der Waals surface area contributed by atoms with Gasteiger partial charge in [-0.1, -0.05) is 19.9 Å². The molecule has 1 aliphatic carbocycles. The van der Waals surface area contributed by atoms with Crippen molar-refractivity contribution in [3.8, 4) is 6.07 Å². The Balaban J connectivity index is 2.96. The predicted molar refractivity (Wildman–Crippen MR) is 87.3 cm³/mol. The lowest BCUT2D eigenvalue weighted by atomic mass is 10.0. The van der Waals surface area contributed by atoms with Gasteiger partial charge in [-0.05, 0) is 18.8 Å². The van der Waals surface area contributed by atoms with E-state index in [0.29, 0.717) is 12.8 Å². The highest BCUT2D eigenvalue weighted by atomic mass is 16.5. The van der Waals surface area contributed by atoms with Gasteiger partial charge in [0.1, 0.15) is 11.6 Å². The van der Waals surface area contributed by atoms with E-state index in [2.05, 4.69) is 0 Å². The van der Waals surface area contributed by atoms with Crippen LogP contribution >= 0.6 is 0 Å². The third-order valence-corrected chi connectivity index (χ3v) is 4.25. The van der Waals surface area contributed by atoms with Gasteiger partial charge in [0.2, 0.25) is 5.91 Å². The number of nitrogens with zero attached hydrogens (tertiary/aromatic N) is 3. The molecule has 23 heavy (non-hydrogen) atoms. The lowest BCUT2D eigenvalue weighted by Gasteiger charge is -2.31. The highest BCUT2D eigenvalue weighted by Gasteiger charge is 2.44. The van der Waals surface area contributed by atoms with Gasteiger partial charge in [-0.2, -0.15) is 5.26 Å². The summed E-state index contributed by atoms with van der Waals surface area (Å²) in [6, 6.07) is 1.77. The Morgan fingerprint density at radius 1 is 1.26 bits per heavy atom. The van der Waals surface area contributed by atoms with E-state index in [1.807, 2.05) is 19.9 Å². The maximum Gasteiger partial charge on any atom is 0.264 e. The molecular formula is C17H27N3O3. The highest BCUT2D eigenvalue weighted by Crippen LogP contribution is 2.33. The molecule has 0 saturated heterocycles. The predicted octanol–water partition coefficient (Wildman–Crippen LogP) is 1.43. The molecule has 0 aliphatic heterocycles. The minimum absolute atomic E-state index is 0.0124. The van der Waals surface area contributed by atoms with Gasteiger partial charge >= 0.3 is 0 Å². The van der Waals surface area contributed by atoms with Gasteiger partial charge in [0.25, 0.3) is 5.91 Å². The number of allylic oxidation sites excluding steroid dienone is 1. The van der Waals surface area contributed by atoms with Crippen molar-refractivity contribution in [1.82, 2.24) is 9.80 Å². The Labute approximate surface area is 138 Å². The second kappa shape index (κ2) is 8.11. The van der Waals surface area contributed by atoms with E-state index in [4.69, 9.17) is 4.74 Å². The lowest BCUT2D eigenvalue weighted by molar-refractivity contribution is -0.139. The minimum atomic E-state index is -0.349. The first-order chi connectivity index (χ1) is 10.7. The SMILES string of the molecule is CO[C@@H]1[C@H](N(C)C(=O)/C(C#N)=C/C(C)C)CC[C@H]1C(=O)N(C)C. The molecule has 0 aromatic heterocycles. The van der Waals surface area contributed by atoms with Crippen LogP contribution in [0, 0.1) is 23.2 Å². The van der Waals surface area contributed by atoms with Crippen molar-refractivity contribution in [3.05, 3.63) is 11.6 Å². The Kier molecular flexibility index (Phi) is 6.77. The van der Waals surface area contributed by atoms with Crippen molar-refractivity contribution in [2.75, 3.05) is 28.3 Å². The van der Waals surface area contributed by atoms with E-state index in [1.54, 1.807) is 44.1 Å². The van der Waals surface area contributed by atoms with E-state index in [1.165, 1.54) is 0 Å². The third-order valence-electron chi connectivity index (χ3n) is 4.25. The number of hydrogen-bond acceptors (Lipinski definition) is 4. The molecule has 0 aromatic rings. The second-order valence-corrected chi connectivity index (χ2v) is 6.54. The van der Waals surface area contributed by atoms with Crippen molar-refractivity contribution in [1.29, 1.82) is 5.26 Å². The average Bonchev–Trinajstić information content (AvgIpc) is 2.93. The number of rotatable bonds is 5. The van der Waals surface area contributed by atoms with Crippen LogP contribution in [0.25, 0.3) is 0 Å². The number of carbonyl (C=O) groups excluding carboxylic acids is 2. The standard InChI is InChI=1S/C17H27N3O3/c1-11(2)9-12(10-18)16(21)20(5)14-8-7-13(15(14)23-6)17(22)19(3)4/h9,11,13-15H,7-8H2,1-6H3/b12-9+/t13-,14-,15+/m1/s1. The van der Waals surface area contributed by atoms with Crippen LogP contribution in [0.2, 0.25) is 0 Å². The lowest BCUT2D eigenvalue weighted by Crippen LogP contribution is -2.47. The van der Waals surface area contributed by atoms with Crippen molar-refractivity contribution in [2.24, 2.45) is 11.8 Å². The van der Waals surface area contributed by atoms with Crippen molar-refractivity contribution in [3.63, 3.8) is 0 Å². The molecule has 2 amide bonds. The Bertz CT molecular complexity index is 520. The van der Waals surface area contributed by atoms with Crippen LogP contribution in [0.3, 0.4) is 0 Å². The molecule has 1 rings (SSSR count). The van der Waals surface area contributed by atoms with Crippen LogP contribution in [0.15, 0.2) is 11.6 Å². The third kappa shape index (κ3) is 4.32. The molecule has 6 heteroatoms. The van der Waals surface area contributed by atoms with Crippen LogP contribution in [0.1, 0.15) is 26.7 Å². The zero-order valence-corrected chi connectivity index (χ0v) is 14.9. The minimum Gasteiger partial charge on any atom is -0.378 e. The molecular weight excluding hydrogens is 294 g/mol. The number of hydrogen-bond donors (Lipinski definition) is 0. The molecule has 0 aromatic carbocycles. The summed E-state index contributed by atoms with van der Waals surface area (Å²) in [7, 11) is 6.67. The second-order valence-electron chi connectivity index (χ2n) is 6.54. The zero-order valence-electron chi connectivity index (χ0n) is 14.9. The fourth-order valence-corrected chi connectivity index (χ4v) is 3.11. The summed E-state index contributed by atoms with van der Waals surface area (Å²) in [5.74, 6) is -0.439. The monoisotopic (exact) mass is 321 g/mol. The summed E-state index contributed by atoms with van der Waals surface area (Å²) in [5.41, 5.74) is 0.139. The summed E-state index contributed by atoms with van der Waals surface area (Å²) in [5, 5.41) is 9.22. The highest BCUT2D eigenvalue weighted by molar-refractivity contribution is 5.97. The van der Waals surface area contributed by atoms with E-state index in [9.17, 15) is 14.9 Å². The van der Waals surface area contributed by atoms with Crippen LogP contribution in [-0.4, -0.2) is 62.0 Å². The van der Waals surface area contributed by atoms with Gasteiger partial charge in [0, 0.05) is 28.3 Å². The molecule has 0 unspecified atom stereocenters. The van der Waals surface area contributed by atoms with Crippen LogP contribution < -0.4 is 0 Å². The van der Waals surface area contributed by atoms with Gasteiger partial charge in [-0.15, -0.1) is 0 Å². The van der Waals surface area contributed by atoms with Crippen molar-refractivity contribution < 1.29 is 14.3 Å². The molecule has 0 bridgehead atoms. The number of carbonyl (C=O) groups is 2. The molecule has 3 atom stereocenters. The summed E-state index contributed by atoms with van der Waals surface area (Å²) < 4.78 is 5.53. The van der Waals surface area contributed by atoms with Crippen LogP contribution in [0.4, 0.5) is 0 Å². The van der Waals surface area contributed by atoms with E-state index in [0.717, 1.165) is 0 Å². The number of nitriles is 1. The smallest absolute Gasteiger partial charge is 0.264 e. The normalized spacial score (nSPS) is 24.4. The fourth-order valence-electron chi connectivity index (χ4n) is 3.11. The Hall–Kier alpha value is -1.87. The summed E-state index contributed by atoms with van der Waals surface area (Å²) in [4.78, 5) is 27.9. The summed E-state index contributed by atoms with van der Waals surface area (Å²) in [6.45, 7) is 3.84. The molecule has 0 radical (unpaired) electrons. The van der Waals surface area contributed by atoms with E-state index >= 15 is 0 Å². The molecule has 0 N–H and O–H groups in total. The molecule has 1 aliphatic rings.